The molecule has 100 valence electrons. The van der Waals surface area contributed by atoms with Crippen LogP contribution in [-0.2, 0) is 0 Å². The van der Waals surface area contributed by atoms with Crippen molar-refractivity contribution in [2.45, 2.75) is 52.1 Å². The van der Waals surface area contributed by atoms with Crippen LogP contribution in [0.1, 0.15) is 56.3 Å². The van der Waals surface area contributed by atoms with Gasteiger partial charge in [-0.25, -0.2) is 0 Å². The van der Waals surface area contributed by atoms with Crippen molar-refractivity contribution >= 4 is 11.6 Å². The van der Waals surface area contributed by atoms with Gasteiger partial charge in [-0.1, -0.05) is 49.9 Å². The molecule has 3 atom stereocenters. The lowest BCUT2D eigenvalue weighted by molar-refractivity contribution is 0.0678. The number of aryl methyl sites for hydroxylation is 1. The topological polar surface area (TPSA) is 20.2 Å². The molecule has 1 aromatic carbocycles. The molecule has 18 heavy (non-hydrogen) atoms. The molecule has 0 radical (unpaired) electrons. The predicted molar refractivity (Wildman–Crippen MR) is 76.9 cm³/mol. The molecule has 1 aromatic rings. The van der Waals surface area contributed by atoms with Crippen molar-refractivity contribution in [3.05, 3.63) is 34.3 Å². The molecular formula is C16H23ClO. The average molecular weight is 267 g/mol. The summed E-state index contributed by atoms with van der Waals surface area (Å²) >= 11 is 6.14. The van der Waals surface area contributed by atoms with Gasteiger partial charge in [0.2, 0.25) is 0 Å². The van der Waals surface area contributed by atoms with Crippen molar-refractivity contribution < 1.29 is 5.11 Å². The van der Waals surface area contributed by atoms with E-state index in [0.29, 0.717) is 5.92 Å². The molecule has 0 spiro atoms. The number of hydrogen-bond donors (Lipinski definition) is 1. The molecule has 1 saturated carbocycles. The van der Waals surface area contributed by atoms with E-state index in [9.17, 15) is 5.11 Å². The Labute approximate surface area is 115 Å². The maximum atomic E-state index is 10.5. The Balaban J connectivity index is 2.10. The molecular weight excluding hydrogens is 244 g/mol. The van der Waals surface area contributed by atoms with Crippen molar-refractivity contribution in [1.29, 1.82) is 0 Å². The van der Waals surface area contributed by atoms with E-state index in [2.05, 4.69) is 6.92 Å². The first kappa shape index (κ1) is 13.9. The first-order chi connectivity index (χ1) is 8.61. The van der Waals surface area contributed by atoms with Gasteiger partial charge in [0.05, 0.1) is 6.10 Å². The third-order valence-corrected chi connectivity index (χ3v) is 4.79. The smallest absolute Gasteiger partial charge is 0.0818 e. The summed E-state index contributed by atoms with van der Waals surface area (Å²) in [6, 6.07) is 5.94. The van der Waals surface area contributed by atoms with Gasteiger partial charge in [-0.2, -0.15) is 0 Å². The van der Waals surface area contributed by atoms with Gasteiger partial charge in [0.1, 0.15) is 0 Å². The third-order valence-electron chi connectivity index (χ3n) is 4.38. The normalized spacial score (nSPS) is 26.0. The lowest BCUT2D eigenvalue weighted by Crippen LogP contribution is -2.21. The number of rotatable bonds is 3. The van der Waals surface area contributed by atoms with Crippen LogP contribution in [0.4, 0.5) is 0 Å². The fraction of sp³-hybridized carbons (Fsp3) is 0.625. The second-order valence-electron chi connectivity index (χ2n) is 5.65. The van der Waals surface area contributed by atoms with E-state index in [1.165, 1.54) is 19.3 Å². The number of benzene rings is 1. The molecule has 2 rings (SSSR count). The fourth-order valence-corrected chi connectivity index (χ4v) is 3.24. The van der Waals surface area contributed by atoms with Gasteiger partial charge in [-0.3, -0.25) is 0 Å². The minimum absolute atomic E-state index is 0.350. The second-order valence-corrected chi connectivity index (χ2v) is 6.06. The molecule has 1 N–H and O–H groups in total. The van der Waals surface area contributed by atoms with E-state index in [1.54, 1.807) is 0 Å². The van der Waals surface area contributed by atoms with E-state index in [1.807, 2.05) is 25.1 Å². The summed E-state index contributed by atoms with van der Waals surface area (Å²) in [6.45, 7) is 4.24. The molecule has 1 aliphatic rings. The van der Waals surface area contributed by atoms with Gasteiger partial charge in [0.25, 0.3) is 0 Å². The standard InChI is InChI=1S/C16H23ClO/c1-3-12-5-4-6-13(9-12)16(18)14-8-7-11(2)15(17)10-14/h7-8,10,12-13,16,18H,3-6,9H2,1-2H3. The molecule has 2 heteroatoms. The van der Waals surface area contributed by atoms with Gasteiger partial charge in [-0.05, 0) is 48.8 Å². The van der Waals surface area contributed by atoms with Gasteiger partial charge in [0, 0.05) is 5.02 Å². The van der Waals surface area contributed by atoms with Crippen LogP contribution in [0.3, 0.4) is 0 Å². The number of aliphatic hydroxyl groups is 1. The monoisotopic (exact) mass is 266 g/mol. The summed E-state index contributed by atoms with van der Waals surface area (Å²) in [4.78, 5) is 0. The predicted octanol–water partition coefficient (Wildman–Crippen LogP) is 4.90. The zero-order chi connectivity index (χ0) is 13.1. The molecule has 1 fully saturated rings. The number of aliphatic hydroxyl groups excluding tert-OH is 1. The first-order valence-electron chi connectivity index (χ1n) is 7.06. The highest BCUT2D eigenvalue weighted by Crippen LogP contribution is 2.38. The molecule has 0 saturated heterocycles. The summed E-state index contributed by atoms with van der Waals surface area (Å²) in [6.07, 6.45) is 5.76. The Hall–Kier alpha value is -0.530. The average Bonchev–Trinajstić information content (AvgIpc) is 2.41. The third kappa shape index (κ3) is 3.07. The number of halogens is 1. The van der Waals surface area contributed by atoms with E-state index in [0.717, 1.165) is 34.9 Å². The van der Waals surface area contributed by atoms with Crippen molar-refractivity contribution in [3.63, 3.8) is 0 Å². The lowest BCUT2D eigenvalue weighted by atomic mass is 9.76. The molecule has 3 unspecified atom stereocenters. The van der Waals surface area contributed by atoms with Crippen molar-refractivity contribution in [2.75, 3.05) is 0 Å². The van der Waals surface area contributed by atoms with Crippen LogP contribution < -0.4 is 0 Å². The van der Waals surface area contributed by atoms with Crippen molar-refractivity contribution in [1.82, 2.24) is 0 Å². The highest BCUT2D eigenvalue weighted by molar-refractivity contribution is 6.31. The van der Waals surface area contributed by atoms with Crippen LogP contribution in [0.25, 0.3) is 0 Å². The Kier molecular flexibility index (Phi) is 4.69. The summed E-state index contributed by atoms with van der Waals surface area (Å²) in [5, 5.41) is 11.3. The van der Waals surface area contributed by atoms with Gasteiger partial charge in [-0.15, -0.1) is 0 Å². The van der Waals surface area contributed by atoms with Gasteiger partial charge >= 0.3 is 0 Å². The summed E-state index contributed by atoms with van der Waals surface area (Å²) in [7, 11) is 0. The first-order valence-corrected chi connectivity index (χ1v) is 7.43. The van der Waals surface area contributed by atoms with E-state index in [-0.39, 0.29) is 6.10 Å². The molecule has 1 nitrogen and oxygen atoms in total. The SMILES string of the molecule is CCC1CCCC(C(O)c2ccc(C)c(Cl)c2)C1. The van der Waals surface area contributed by atoms with Crippen molar-refractivity contribution in [3.8, 4) is 0 Å². The van der Waals surface area contributed by atoms with Crippen molar-refractivity contribution in [2.24, 2.45) is 11.8 Å². The maximum Gasteiger partial charge on any atom is 0.0818 e. The highest BCUT2D eigenvalue weighted by Gasteiger charge is 2.27. The molecule has 0 bridgehead atoms. The van der Waals surface area contributed by atoms with Crippen LogP contribution in [0, 0.1) is 18.8 Å². The second kappa shape index (κ2) is 6.08. The summed E-state index contributed by atoms with van der Waals surface area (Å²) in [5.41, 5.74) is 2.05. The lowest BCUT2D eigenvalue weighted by Gasteiger charge is -2.32. The quantitative estimate of drug-likeness (QED) is 0.825. The van der Waals surface area contributed by atoms with Crippen LogP contribution in [0.5, 0.6) is 0 Å². The van der Waals surface area contributed by atoms with Gasteiger partial charge in [0.15, 0.2) is 0 Å². The van der Waals surface area contributed by atoms with Gasteiger partial charge < -0.3 is 5.11 Å². The van der Waals surface area contributed by atoms with Crippen LogP contribution in [0.15, 0.2) is 18.2 Å². The van der Waals surface area contributed by atoms with Crippen LogP contribution in [0.2, 0.25) is 5.02 Å². The molecule has 0 aromatic heterocycles. The molecule has 0 heterocycles. The summed E-state index contributed by atoms with van der Waals surface area (Å²) < 4.78 is 0. The van der Waals surface area contributed by atoms with E-state index >= 15 is 0 Å². The number of hydrogen-bond acceptors (Lipinski definition) is 1. The molecule has 1 aliphatic carbocycles. The molecule has 0 aliphatic heterocycles. The van der Waals surface area contributed by atoms with Crippen LogP contribution in [-0.4, -0.2) is 5.11 Å². The highest BCUT2D eigenvalue weighted by atomic mass is 35.5. The fourth-order valence-electron chi connectivity index (χ4n) is 3.06. The van der Waals surface area contributed by atoms with E-state index < -0.39 is 0 Å². The molecule has 0 amide bonds. The van der Waals surface area contributed by atoms with Crippen LogP contribution >= 0.6 is 11.6 Å². The Bertz CT molecular complexity index is 402. The Morgan fingerprint density at radius 3 is 2.83 bits per heavy atom. The maximum absolute atomic E-state index is 10.5. The minimum atomic E-state index is -0.350. The minimum Gasteiger partial charge on any atom is -0.388 e. The largest absolute Gasteiger partial charge is 0.388 e. The van der Waals surface area contributed by atoms with E-state index in [4.69, 9.17) is 11.6 Å². The Morgan fingerprint density at radius 2 is 2.17 bits per heavy atom. The summed E-state index contributed by atoms with van der Waals surface area (Å²) in [5.74, 6) is 1.20. The zero-order valence-electron chi connectivity index (χ0n) is 11.3. The zero-order valence-corrected chi connectivity index (χ0v) is 12.1. The Morgan fingerprint density at radius 1 is 1.39 bits per heavy atom.